The molecule has 0 unspecified atom stereocenters. The molecular formula is C30H46N6O3. The van der Waals surface area contributed by atoms with Crippen molar-refractivity contribution >= 4 is 12.0 Å². The van der Waals surface area contributed by atoms with Crippen molar-refractivity contribution in [3.63, 3.8) is 0 Å². The molecule has 1 N–H and O–H groups in total. The number of likely N-dealkylation sites (tertiary alicyclic amines) is 1. The van der Waals surface area contributed by atoms with Gasteiger partial charge in [0.25, 0.3) is 5.91 Å². The Labute approximate surface area is 233 Å². The van der Waals surface area contributed by atoms with E-state index in [-0.39, 0.29) is 17.9 Å². The number of ether oxygens (including phenoxy) is 1. The standard InChI is InChI=1S/C30H46N6O3/c1-6-33-18-20-34(21-19-33)15-7-14-31-28(37)26-22-32-36(25-10-8-23(2)9-11-25)27(26)24-12-16-35(17-13-24)29(38)39-30(3,4)5/h8-11,22,24H,6-7,12-21H2,1-5H3,(H,31,37). The van der Waals surface area contributed by atoms with Crippen LogP contribution in [0.4, 0.5) is 4.79 Å². The van der Waals surface area contributed by atoms with Gasteiger partial charge >= 0.3 is 6.09 Å². The number of likely N-dealkylation sites (N-methyl/N-ethyl adjacent to an activating group) is 1. The minimum absolute atomic E-state index is 0.0752. The molecule has 0 bridgehead atoms. The Kier molecular flexibility index (Phi) is 9.67. The second-order valence-electron chi connectivity index (χ2n) is 11.8. The van der Waals surface area contributed by atoms with E-state index in [4.69, 9.17) is 4.74 Å². The Morgan fingerprint density at radius 1 is 1.00 bits per heavy atom. The Bertz CT molecular complexity index is 1090. The molecule has 1 aromatic heterocycles. The summed E-state index contributed by atoms with van der Waals surface area (Å²) in [4.78, 5) is 32.7. The molecule has 2 amide bonds. The molecule has 39 heavy (non-hydrogen) atoms. The number of hydrogen-bond acceptors (Lipinski definition) is 6. The van der Waals surface area contributed by atoms with Crippen molar-refractivity contribution in [3.8, 4) is 5.69 Å². The summed E-state index contributed by atoms with van der Waals surface area (Å²) in [6.45, 7) is 18.3. The highest BCUT2D eigenvalue weighted by atomic mass is 16.6. The number of piperidine rings is 1. The first-order valence-corrected chi connectivity index (χ1v) is 14.5. The lowest BCUT2D eigenvalue weighted by atomic mass is 9.90. The van der Waals surface area contributed by atoms with E-state index in [2.05, 4.69) is 46.2 Å². The Balaban J connectivity index is 1.42. The number of rotatable bonds is 8. The summed E-state index contributed by atoms with van der Waals surface area (Å²) in [6, 6.07) is 8.21. The molecule has 3 heterocycles. The molecule has 9 heteroatoms. The maximum Gasteiger partial charge on any atom is 0.410 e. The minimum Gasteiger partial charge on any atom is -0.444 e. The predicted molar refractivity (Wildman–Crippen MR) is 154 cm³/mol. The van der Waals surface area contributed by atoms with Crippen LogP contribution in [0.3, 0.4) is 0 Å². The highest BCUT2D eigenvalue weighted by Gasteiger charge is 2.32. The molecule has 2 saturated heterocycles. The van der Waals surface area contributed by atoms with Crippen LogP contribution in [0.1, 0.15) is 74.5 Å². The van der Waals surface area contributed by atoms with Gasteiger partial charge in [-0.25, -0.2) is 9.48 Å². The summed E-state index contributed by atoms with van der Waals surface area (Å²) in [5.41, 5.74) is 3.15. The van der Waals surface area contributed by atoms with Crippen LogP contribution in [0, 0.1) is 6.92 Å². The van der Waals surface area contributed by atoms with Crippen molar-refractivity contribution in [2.45, 2.75) is 65.4 Å². The van der Waals surface area contributed by atoms with E-state index >= 15 is 0 Å². The smallest absolute Gasteiger partial charge is 0.410 e. The zero-order valence-corrected chi connectivity index (χ0v) is 24.4. The normalized spacial score (nSPS) is 17.8. The van der Waals surface area contributed by atoms with Gasteiger partial charge < -0.3 is 24.8 Å². The van der Waals surface area contributed by atoms with E-state index in [0.717, 1.165) is 69.9 Å². The lowest BCUT2D eigenvalue weighted by Crippen LogP contribution is -2.46. The van der Waals surface area contributed by atoms with E-state index in [1.54, 1.807) is 11.1 Å². The van der Waals surface area contributed by atoms with Crippen molar-refractivity contribution in [1.82, 2.24) is 29.8 Å². The van der Waals surface area contributed by atoms with Crippen molar-refractivity contribution in [3.05, 3.63) is 47.3 Å². The average molecular weight is 539 g/mol. The summed E-state index contributed by atoms with van der Waals surface area (Å²) in [5, 5.41) is 7.82. The number of carbonyl (C=O) groups excluding carboxylic acids is 2. The second-order valence-corrected chi connectivity index (χ2v) is 11.8. The van der Waals surface area contributed by atoms with Gasteiger partial charge in [0.15, 0.2) is 0 Å². The summed E-state index contributed by atoms with van der Waals surface area (Å²) in [5.74, 6) is 0.0387. The van der Waals surface area contributed by atoms with Gasteiger partial charge in [0.1, 0.15) is 5.60 Å². The number of aryl methyl sites for hydroxylation is 1. The molecule has 2 aromatic rings. The summed E-state index contributed by atoms with van der Waals surface area (Å²) >= 11 is 0. The fraction of sp³-hybridized carbons (Fsp3) is 0.633. The molecule has 0 radical (unpaired) electrons. The van der Waals surface area contributed by atoms with E-state index < -0.39 is 5.60 Å². The lowest BCUT2D eigenvalue weighted by molar-refractivity contribution is 0.0203. The number of hydrogen-bond donors (Lipinski definition) is 1. The number of benzene rings is 1. The van der Waals surface area contributed by atoms with Crippen molar-refractivity contribution in [1.29, 1.82) is 0 Å². The largest absolute Gasteiger partial charge is 0.444 e. The van der Waals surface area contributed by atoms with Crippen LogP contribution in [-0.4, -0.2) is 101 Å². The zero-order chi connectivity index (χ0) is 28.0. The summed E-state index contributed by atoms with van der Waals surface area (Å²) < 4.78 is 7.49. The molecular weight excluding hydrogens is 492 g/mol. The predicted octanol–water partition coefficient (Wildman–Crippen LogP) is 4.05. The Morgan fingerprint density at radius 2 is 1.64 bits per heavy atom. The lowest BCUT2D eigenvalue weighted by Gasteiger charge is -2.34. The fourth-order valence-electron chi connectivity index (χ4n) is 5.41. The molecule has 0 spiro atoms. The molecule has 4 rings (SSSR count). The third kappa shape index (κ3) is 7.82. The first-order valence-electron chi connectivity index (χ1n) is 14.5. The number of carbonyl (C=O) groups is 2. The van der Waals surface area contributed by atoms with E-state index in [1.165, 1.54) is 5.56 Å². The second kappa shape index (κ2) is 13.0. The third-order valence-electron chi connectivity index (χ3n) is 7.71. The van der Waals surface area contributed by atoms with E-state index in [1.807, 2.05) is 37.6 Å². The number of nitrogens with one attached hydrogen (secondary N) is 1. The van der Waals surface area contributed by atoms with Gasteiger partial charge in [0.2, 0.25) is 0 Å². The van der Waals surface area contributed by atoms with Gasteiger partial charge in [-0.3, -0.25) is 4.79 Å². The van der Waals surface area contributed by atoms with Gasteiger partial charge in [0.05, 0.1) is 23.1 Å². The molecule has 2 aliphatic heterocycles. The maximum absolute atomic E-state index is 13.4. The topological polar surface area (TPSA) is 82.9 Å². The molecule has 2 aliphatic rings. The van der Waals surface area contributed by atoms with E-state index in [0.29, 0.717) is 25.2 Å². The minimum atomic E-state index is -0.521. The molecule has 214 valence electrons. The van der Waals surface area contributed by atoms with Gasteiger partial charge in [-0.05, 0) is 72.2 Å². The van der Waals surface area contributed by atoms with Crippen molar-refractivity contribution in [2.75, 3.05) is 58.9 Å². The van der Waals surface area contributed by atoms with Crippen molar-refractivity contribution < 1.29 is 14.3 Å². The zero-order valence-electron chi connectivity index (χ0n) is 24.4. The Morgan fingerprint density at radius 3 is 2.26 bits per heavy atom. The highest BCUT2D eigenvalue weighted by molar-refractivity contribution is 5.95. The van der Waals surface area contributed by atoms with Gasteiger partial charge in [-0.1, -0.05) is 24.6 Å². The molecule has 9 nitrogen and oxygen atoms in total. The fourth-order valence-corrected chi connectivity index (χ4v) is 5.41. The highest BCUT2D eigenvalue weighted by Crippen LogP contribution is 2.33. The van der Waals surface area contributed by atoms with Gasteiger partial charge in [-0.15, -0.1) is 0 Å². The molecule has 0 aliphatic carbocycles. The van der Waals surface area contributed by atoms with Crippen LogP contribution in [0.5, 0.6) is 0 Å². The first kappa shape index (κ1) is 29.1. The van der Waals surface area contributed by atoms with Crippen LogP contribution >= 0.6 is 0 Å². The number of piperazine rings is 1. The maximum atomic E-state index is 13.4. The molecule has 0 saturated carbocycles. The number of aromatic nitrogens is 2. The van der Waals surface area contributed by atoms with Crippen LogP contribution in [0.2, 0.25) is 0 Å². The van der Waals surface area contributed by atoms with Crippen LogP contribution < -0.4 is 5.32 Å². The first-order chi connectivity index (χ1) is 18.6. The number of nitrogens with zero attached hydrogens (tertiary/aromatic N) is 5. The van der Waals surface area contributed by atoms with E-state index in [9.17, 15) is 9.59 Å². The Hall–Kier alpha value is -2.91. The molecule has 1 aromatic carbocycles. The summed E-state index contributed by atoms with van der Waals surface area (Å²) in [6.07, 6.45) is 3.85. The molecule has 0 atom stereocenters. The quantitative estimate of drug-likeness (QED) is 0.511. The van der Waals surface area contributed by atoms with Crippen molar-refractivity contribution in [2.24, 2.45) is 0 Å². The average Bonchev–Trinajstić information content (AvgIpc) is 3.36. The summed E-state index contributed by atoms with van der Waals surface area (Å²) in [7, 11) is 0. The van der Waals surface area contributed by atoms with Gasteiger partial charge in [0, 0.05) is 51.7 Å². The van der Waals surface area contributed by atoms with Crippen LogP contribution in [0.15, 0.2) is 30.5 Å². The van der Waals surface area contributed by atoms with Gasteiger partial charge in [-0.2, -0.15) is 5.10 Å². The van der Waals surface area contributed by atoms with Crippen LogP contribution in [0.25, 0.3) is 5.69 Å². The van der Waals surface area contributed by atoms with Crippen LogP contribution in [-0.2, 0) is 4.74 Å². The SMILES string of the molecule is CCN1CCN(CCCNC(=O)c2cnn(-c3ccc(C)cc3)c2C2CCN(C(=O)OC(C)(C)C)CC2)CC1. The third-order valence-corrected chi connectivity index (χ3v) is 7.71. The molecule has 2 fully saturated rings. The number of amides is 2. The monoisotopic (exact) mass is 538 g/mol.